The lowest BCUT2D eigenvalue weighted by Crippen LogP contribution is -2.59. The Morgan fingerprint density at radius 2 is 1.70 bits per heavy atom. The summed E-state index contributed by atoms with van der Waals surface area (Å²) in [6.07, 6.45) is 6.78. The van der Waals surface area contributed by atoms with Crippen molar-refractivity contribution in [3.05, 3.63) is 124 Å². The zero-order valence-corrected chi connectivity index (χ0v) is 30.8. The Morgan fingerprint density at radius 3 is 2.46 bits per heavy atom. The van der Waals surface area contributed by atoms with Gasteiger partial charge in [0.25, 0.3) is 17.7 Å². The Morgan fingerprint density at radius 1 is 0.926 bits per heavy atom. The highest BCUT2D eigenvalue weighted by atomic mass is 32.1. The second-order valence-electron chi connectivity index (χ2n) is 15.0. The van der Waals surface area contributed by atoms with Crippen LogP contribution >= 0.6 is 11.3 Å². The molecular formula is C43H40FN5O4S. The maximum atomic E-state index is 14.5. The van der Waals surface area contributed by atoms with Crippen LogP contribution in [0.25, 0.3) is 10.4 Å². The van der Waals surface area contributed by atoms with Gasteiger partial charge in [-0.25, -0.2) is 9.37 Å². The van der Waals surface area contributed by atoms with Crippen LogP contribution in [-0.4, -0.2) is 55.6 Å². The van der Waals surface area contributed by atoms with E-state index < -0.39 is 5.82 Å². The molecular weight excluding hydrogens is 702 g/mol. The molecule has 0 radical (unpaired) electrons. The van der Waals surface area contributed by atoms with Crippen LogP contribution in [0.5, 0.6) is 0 Å². The van der Waals surface area contributed by atoms with Gasteiger partial charge in [-0.2, -0.15) is 0 Å². The quantitative estimate of drug-likeness (QED) is 0.174. The molecule has 9 nitrogen and oxygen atoms in total. The summed E-state index contributed by atoms with van der Waals surface area (Å²) in [5.74, 6) is -0.0305. The molecule has 54 heavy (non-hydrogen) atoms. The first-order chi connectivity index (χ1) is 26.2. The fraction of sp³-hybridized carbons (Fsp3) is 0.302. The van der Waals surface area contributed by atoms with Crippen molar-refractivity contribution >= 4 is 51.9 Å². The van der Waals surface area contributed by atoms with Crippen LogP contribution in [0.1, 0.15) is 78.7 Å². The lowest BCUT2D eigenvalue weighted by atomic mass is 9.73. The summed E-state index contributed by atoms with van der Waals surface area (Å²) in [4.78, 5) is 51.4. The number of halogens is 1. The molecule has 2 aromatic heterocycles. The zero-order valence-electron chi connectivity index (χ0n) is 30.0. The van der Waals surface area contributed by atoms with E-state index in [1.54, 1.807) is 48.2 Å². The second kappa shape index (κ2) is 13.8. The van der Waals surface area contributed by atoms with Crippen LogP contribution in [0, 0.1) is 18.2 Å². The van der Waals surface area contributed by atoms with Gasteiger partial charge in [-0.05, 0) is 110 Å². The first kappa shape index (κ1) is 34.4. The molecule has 4 aliphatic rings. The predicted octanol–water partition coefficient (Wildman–Crippen LogP) is 8.46. The molecule has 1 spiro atoms. The fourth-order valence-corrected chi connectivity index (χ4v) is 9.14. The standard InChI is InChI=1S/C43H40FN5O4S/c1-26-5-4-7-34(44)37(26)47-41(51)36-22-29-15-18-49(35-8-3-2-6-32(35)38(29)54-36)42(52)28-11-13-31(14-12-28)46-40(50)33-21-30(27-9-10-27)23-45-39(33)48-24-43(25-48)16-19-53-20-17-43/h2-8,11-14,21-23,27H,9-10,15-20,24-25H2,1H3,(H,46,50)(H,47,51). The molecule has 1 saturated carbocycles. The normalized spacial score (nSPS) is 17.2. The molecule has 9 rings (SSSR count). The van der Waals surface area contributed by atoms with Crippen LogP contribution in [0.4, 0.5) is 27.3 Å². The molecule has 2 N–H and O–H groups in total. The van der Waals surface area contributed by atoms with Gasteiger partial charge in [0.1, 0.15) is 11.6 Å². The Bertz CT molecular complexity index is 2270. The van der Waals surface area contributed by atoms with Crippen molar-refractivity contribution in [3.63, 3.8) is 0 Å². The average molecular weight is 742 g/mol. The number of rotatable bonds is 7. The number of benzene rings is 3. The number of para-hydroxylation sites is 2. The maximum Gasteiger partial charge on any atom is 0.265 e. The van der Waals surface area contributed by atoms with Gasteiger partial charge in [0.2, 0.25) is 0 Å². The third-order valence-corrected chi connectivity index (χ3v) is 12.5. The van der Waals surface area contributed by atoms with Crippen LogP contribution in [0.2, 0.25) is 0 Å². The van der Waals surface area contributed by atoms with E-state index in [4.69, 9.17) is 9.72 Å². The largest absolute Gasteiger partial charge is 0.381 e. The van der Waals surface area contributed by atoms with E-state index in [1.165, 1.54) is 17.4 Å². The smallest absolute Gasteiger partial charge is 0.265 e. The summed E-state index contributed by atoms with van der Waals surface area (Å²) < 4.78 is 20.1. The summed E-state index contributed by atoms with van der Waals surface area (Å²) in [5, 5.41) is 5.82. The topological polar surface area (TPSA) is 104 Å². The Kier molecular flexibility index (Phi) is 8.78. The number of nitrogens with one attached hydrogen (secondary N) is 2. The monoisotopic (exact) mass is 741 g/mol. The molecule has 274 valence electrons. The highest BCUT2D eigenvalue weighted by Crippen LogP contribution is 2.45. The fourth-order valence-electron chi connectivity index (χ4n) is 8.00. The number of ether oxygens (including phenoxy) is 1. The number of aryl methyl sites for hydroxylation is 1. The molecule has 5 aromatic rings. The number of hydrogen-bond donors (Lipinski definition) is 2. The summed E-state index contributed by atoms with van der Waals surface area (Å²) in [5.41, 5.74) is 6.41. The highest BCUT2D eigenvalue weighted by Gasteiger charge is 2.45. The van der Waals surface area contributed by atoms with Crippen molar-refractivity contribution in [3.8, 4) is 10.4 Å². The Hall–Kier alpha value is -5.39. The first-order valence-corrected chi connectivity index (χ1v) is 19.4. The van der Waals surface area contributed by atoms with Crippen LogP contribution in [0.15, 0.2) is 85.1 Å². The van der Waals surface area contributed by atoms with E-state index >= 15 is 0 Å². The van der Waals surface area contributed by atoms with Crippen LogP contribution < -0.4 is 20.4 Å². The minimum absolute atomic E-state index is 0.160. The molecule has 2 saturated heterocycles. The summed E-state index contributed by atoms with van der Waals surface area (Å²) in [7, 11) is 0. The van der Waals surface area contributed by atoms with E-state index in [0.29, 0.717) is 46.1 Å². The van der Waals surface area contributed by atoms with Gasteiger partial charge in [0.15, 0.2) is 0 Å². The van der Waals surface area contributed by atoms with E-state index in [-0.39, 0.29) is 28.8 Å². The molecule has 3 fully saturated rings. The Balaban J connectivity index is 0.914. The number of pyridine rings is 1. The number of carbonyl (C=O) groups excluding carboxylic acids is 3. The van der Waals surface area contributed by atoms with E-state index in [2.05, 4.69) is 15.5 Å². The summed E-state index contributed by atoms with van der Waals surface area (Å²) >= 11 is 1.34. The molecule has 3 aromatic carbocycles. The summed E-state index contributed by atoms with van der Waals surface area (Å²) in [6.45, 7) is 5.49. The van der Waals surface area contributed by atoms with Crippen molar-refractivity contribution in [2.24, 2.45) is 5.41 Å². The van der Waals surface area contributed by atoms with Gasteiger partial charge in [0, 0.05) is 66.2 Å². The molecule has 0 unspecified atom stereocenters. The number of nitrogens with zero attached hydrogens (tertiary/aromatic N) is 3. The van der Waals surface area contributed by atoms with Gasteiger partial charge < -0.3 is 25.2 Å². The van der Waals surface area contributed by atoms with E-state index in [0.717, 1.165) is 85.1 Å². The zero-order chi connectivity index (χ0) is 37.0. The summed E-state index contributed by atoms with van der Waals surface area (Å²) in [6, 6.07) is 23.3. The van der Waals surface area contributed by atoms with Crippen molar-refractivity contribution < 1.29 is 23.5 Å². The number of fused-ring (bicyclic) bond motifs is 3. The molecule has 1 aliphatic carbocycles. The van der Waals surface area contributed by atoms with Crippen molar-refractivity contribution in [2.75, 3.05) is 53.3 Å². The number of carbonyl (C=O) groups is 3. The lowest BCUT2D eigenvalue weighted by Gasteiger charge is -2.53. The van der Waals surface area contributed by atoms with Gasteiger partial charge in [-0.15, -0.1) is 11.3 Å². The minimum Gasteiger partial charge on any atom is -0.381 e. The van der Waals surface area contributed by atoms with E-state index in [9.17, 15) is 18.8 Å². The number of anilines is 4. The SMILES string of the molecule is Cc1cccc(F)c1NC(=O)c1cc2c(s1)-c1ccccc1N(C(=O)c1ccc(NC(=O)c3cc(C4CC4)cnc3N3CC4(CCOCC4)C3)cc1)CC2. The van der Waals surface area contributed by atoms with Gasteiger partial charge in [-0.3, -0.25) is 14.4 Å². The highest BCUT2D eigenvalue weighted by molar-refractivity contribution is 7.17. The van der Waals surface area contributed by atoms with Gasteiger partial charge in [0.05, 0.1) is 21.8 Å². The Labute approximate surface area is 317 Å². The third kappa shape index (κ3) is 6.45. The van der Waals surface area contributed by atoms with Crippen molar-refractivity contribution in [1.29, 1.82) is 0 Å². The average Bonchev–Trinajstić information content (AvgIpc) is 3.97. The van der Waals surface area contributed by atoms with Crippen LogP contribution in [0.3, 0.4) is 0 Å². The number of thiophene rings is 1. The van der Waals surface area contributed by atoms with Gasteiger partial charge >= 0.3 is 0 Å². The molecule has 5 heterocycles. The number of amides is 3. The first-order valence-electron chi connectivity index (χ1n) is 18.6. The minimum atomic E-state index is -0.479. The van der Waals surface area contributed by atoms with Gasteiger partial charge in [-0.1, -0.05) is 30.3 Å². The lowest BCUT2D eigenvalue weighted by molar-refractivity contribution is -0.000512. The van der Waals surface area contributed by atoms with Crippen molar-refractivity contribution in [2.45, 2.75) is 44.9 Å². The van der Waals surface area contributed by atoms with E-state index in [1.807, 2.05) is 42.6 Å². The molecule has 0 atom stereocenters. The van der Waals surface area contributed by atoms with Crippen LogP contribution in [-0.2, 0) is 11.2 Å². The molecule has 0 bridgehead atoms. The second-order valence-corrected chi connectivity index (χ2v) is 16.0. The third-order valence-electron chi connectivity index (χ3n) is 11.3. The predicted molar refractivity (Wildman–Crippen MR) is 210 cm³/mol. The molecule has 11 heteroatoms. The molecule has 3 aliphatic heterocycles. The van der Waals surface area contributed by atoms with Crippen molar-refractivity contribution in [1.82, 2.24) is 4.98 Å². The molecule has 3 amide bonds. The number of hydrogen-bond acceptors (Lipinski definition) is 7. The number of aromatic nitrogens is 1. The maximum absolute atomic E-state index is 14.5.